The predicted octanol–water partition coefficient (Wildman–Crippen LogP) is 3.71. The molecule has 5 nitrogen and oxygen atoms in total. The number of ketones is 1. The van der Waals surface area contributed by atoms with Crippen LogP contribution in [0.3, 0.4) is 0 Å². The second-order valence-electron chi connectivity index (χ2n) is 6.73. The highest BCUT2D eigenvalue weighted by Crippen LogP contribution is 2.40. The van der Waals surface area contributed by atoms with Crippen LogP contribution in [0.4, 0.5) is 0 Å². The minimum absolute atomic E-state index is 0.0295. The molecule has 1 unspecified atom stereocenters. The minimum atomic E-state index is -0.639. The van der Waals surface area contributed by atoms with Crippen LogP contribution >= 0.6 is 15.9 Å². The molecule has 0 radical (unpaired) electrons. The molecule has 0 aromatic heterocycles. The van der Waals surface area contributed by atoms with Gasteiger partial charge in [-0.2, -0.15) is 0 Å². The van der Waals surface area contributed by atoms with Crippen molar-refractivity contribution >= 4 is 27.6 Å². The molecular weight excluding hydrogens is 398 g/mol. The van der Waals surface area contributed by atoms with Crippen molar-refractivity contribution < 1.29 is 19.1 Å². The molecule has 6 heteroatoms. The standard InChI is InChI=1S/C20H18BrNO4/c1-25-15-5-6-18-16(10-15)17(23)11-20(26-18)7-8-22(12-20)19(24)13-3-2-4-14(21)9-13/h2-6,9-10H,7-8,11-12H2,1H3. The molecule has 2 aliphatic rings. The van der Waals surface area contributed by atoms with E-state index in [9.17, 15) is 9.59 Å². The Morgan fingerprint density at radius 3 is 2.88 bits per heavy atom. The van der Waals surface area contributed by atoms with Crippen LogP contribution in [0.2, 0.25) is 0 Å². The van der Waals surface area contributed by atoms with Crippen molar-refractivity contribution in [3.05, 3.63) is 58.1 Å². The van der Waals surface area contributed by atoms with Crippen molar-refractivity contribution in [2.24, 2.45) is 0 Å². The third-order valence-corrected chi connectivity index (χ3v) is 5.46. The largest absolute Gasteiger partial charge is 0.497 e. The molecule has 2 aromatic carbocycles. The number of halogens is 1. The molecule has 0 aliphatic carbocycles. The van der Waals surface area contributed by atoms with E-state index in [2.05, 4.69) is 15.9 Å². The van der Waals surface area contributed by atoms with Crippen LogP contribution < -0.4 is 9.47 Å². The smallest absolute Gasteiger partial charge is 0.254 e. The van der Waals surface area contributed by atoms with Crippen LogP contribution in [0, 0.1) is 0 Å². The number of likely N-dealkylation sites (tertiary alicyclic amines) is 1. The van der Waals surface area contributed by atoms with Gasteiger partial charge in [-0.1, -0.05) is 22.0 Å². The van der Waals surface area contributed by atoms with Crippen LogP contribution in [0.5, 0.6) is 11.5 Å². The fraction of sp³-hybridized carbons (Fsp3) is 0.300. The molecule has 26 heavy (non-hydrogen) atoms. The van der Waals surface area contributed by atoms with Gasteiger partial charge >= 0.3 is 0 Å². The number of carbonyl (C=O) groups excluding carboxylic acids is 2. The van der Waals surface area contributed by atoms with Crippen molar-refractivity contribution in [3.8, 4) is 11.5 Å². The molecule has 1 spiro atoms. The summed E-state index contributed by atoms with van der Waals surface area (Å²) >= 11 is 3.40. The van der Waals surface area contributed by atoms with Crippen molar-refractivity contribution in [1.29, 1.82) is 0 Å². The van der Waals surface area contributed by atoms with Gasteiger partial charge < -0.3 is 14.4 Å². The van der Waals surface area contributed by atoms with Crippen LogP contribution in [-0.4, -0.2) is 42.4 Å². The first kappa shape index (κ1) is 17.1. The quantitative estimate of drug-likeness (QED) is 0.749. The van der Waals surface area contributed by atoms with E-state index >= 15 is 0 Å². The topological polar surface area (TPSA) is 55.8 Å². The molecule has 4 rings (SSSR count). The lowest BCUT2D eigenvalue weighted by atomic mass is 9.89. The van der Waals surface area contributed by atoms with Gasteiger partial charge in [-0.05, 0) is 36.4 Å². The van der Waals surface area contributed by atoms with Gasteiger partial charge in [0.25, 0.3) is 5.91 Å². The number of benzene rings is 2. The number of fused-ring (bicyclic) bond motifs is 1. The summed E-state index contributed by atoms with van der Waals surface area (Å²) in [6.45, 7) is 0.986. The summed E-state index contributed by atoms with van der Waals surface area (Å²) in [4.78, 5) is 27.2. The average molecular weight is 416 g/mol. The number of hydrogen-bond acceptors (Lipinski definition) is 4. The SMILES string of the molecule is COc1ccc2c(c1)C(=O)CC1(CCN(C(=O)c3cccc(Br)c3)C1)O2. The Morgan fingerprint density at radius 2 is 2.12 bits per heavy atom. The van der Waals surface area contributed by atoms with E-state index in [1.165, 1.54) is 0 Å². The Bertz CT molecular complexity index is 897. The third kappa shape index (κ3) is 2.98. The second-order valence-corrected chi connectivity index (χ2v) is 7.65. The third-order valence-electron chi connectivity index (χ3n) is 4.97. The van der Waals surface area contributed by atoms with Crippen molar-refractivity contribution in [3.63, 3.8) is 0 Å². The maximum absolute atomic E-state index is 12.8. The first-order valence-electron chi connectivity index (χ1n) is 8.45. The van der Waals surface area contributed by atoms with Crippen LogP contribution in [0.25, 0.3) is 0 Å². The molecular formula is C20H18BrNO4. The van der Waals surface area contributed by atoms with E-state index in [4.69, 9.17) is 9.47 Å². The van der Waals surface area contributed by atoms with Crippen molar-refractivity contribution in [2.75, 3.05) is 20.2 Å². The van der Waals surface area contributed by atoms with Gasteiger partial charge in [0, 0.05) is 23.0 Å². The normalized spacial score (nSPS) is 21.5. The molecule has 1 saturated heterocycles. The zero-order chi connectivity index (χ0) is 18.3. The highest BCUT2D eigenvalue weighted by atomic mass is 79.9. The summed E-state index contributed by atoms with van der Waals surface area (Å²) in [7, 11) is 1.57. The lowest BCUT2D eigenvalue weighted by Gasteiger charge is -2.34. The van der Waals surface area contributed by atoms with E-state index in [0.717, 1.165) is 4.47 Å². The zero-order valence-corrected chi connectivity index (χ0v) is 15.9. The van der Waals surface area contributed by atoms with Gasteiger partial charge in [0.2, 0.25) is 0 Å². The Balaban J connectivity index is 1.56. The van der Waals surface area contributed by atoms with Crippen molar-refractivity contribution in [2.45, 2.75) is 18.4 Å². The monoisotopic (exact) mass is 415 g/mol. The number of hydrogen-bond donors (Lipinski definition) is 0. The molecule has 0 bridgehead atoms. The number of Topliss-reactive ketones (excluding diaryl/α,β-unsaturated/α-hetero) is 1. The predicted molar refractivity (Wildman–Crippen MR) is 100.0 cm³/mol. The molecule has 1 fully saturated rings. The number of ether oxygens (including phenoxy) is 2. The fourth-order valence-corrected chi connectivity index (χ4v) is 4.05. The molecule has 0 N–H and O–H groups in total. The Labute approximate surface area is 160 Å². The molecule has 1 atom stereocenters. The lowest BCUT2D eigenvalue weighted by Crippen LogP contribution is -2.45. The Hall–Kier alpha value is -2.34. The van der Waals surface area contributed by atoms with E-state index < -0.39 is 5.60 Å². The lowest BCUT2D eigenvalue weighted by molar-refractivity contribution is 0.0427. The molecule has 134 valence electrons. The number of rotatable bonds is 2. The number of carbonyl (C=O) groups is 2. The van der Waals surface area contributed by atoms with Crippen LogP contribution in [0.15, 0.2) is 46.9 Å². The van der Waals surface area contributed by atoms with Crippen LogP contribution in [-0.2, 0) is 0 Å². The maximum atomic E-state index is 12.8. The summed E-state index contributed by atoms with van der Waals surface area (Å²) in [6.07, 6.45) is 0.916. The summed E-state index contributed by atoms with van der Waals surface area (Å²) in [5.41, 5.74) is 0.538. The van der Waals surface area contributed by atoms with E-state index in [0.29, 0.717) is 42.1 Å². The molecule has 1 amide bonds. The van der Waals surface area contributed by atoms with Gasteiger partial charge in [-0.15, -0.1) is 0 Å². The summed E-state index contributed by atoms with van der Waals surface area (Å²) in [6, 6.07) is 12.6. The first-order valence-corrected chi connectivity index (χ1v) is 9.24. The van der Waals surface area contributed by atoms with E-state index in [1.807, 2.05) is 18.2 Å². The van der Waals surface area contributed by atoms with E-state index in [1.54, 1.807) is 36.3 Å². The van der Waals surface area contributed by atoms with Crippen LogP contribution in [0.1, 0.15) is 33.6 Å². The molecule has 2 aromatic rings. The fourth-order valence-electron chi connectivity index (χ4n) is 3.65. The number of amides is 1. The average Bonchev–Trinajstić information content (AvgIpc) is 3.04. The first-order chi connectivity index (χ1) is 12.5. The Kier molecular flexibility index (Phi) is 4.23. The van der Waals surface area contributed by atoms with Crippen molar-refractivity contribution in [1.82, 2.24) is 4.90 Å². The van der Waals surface area contributed by atoms with Gasteiger partial charge in [0.15, 0.2) is 5.78 Å². The Morgan fingerprint density at radius 1 is 1.27 bits per heavy atom. The highest BCUT2D eigenvalue weighted by molar-refractivity contribution is 9.10. The summed E-state index contributed by atoms with van der Waals surface area (Å²) in [5, 5.41) is 0. The molecule has 2 aliphatic heterocycles. The van der Waals surface area contributed by atoms with Gasteiger partial charge in [0.1, 0.15) is 17.1 Å². The van der Waals surface area contributed by atoms with E-state index in [-0.39, 0.29) is 18.1 Å². The summed E-state index contributed by atoms with van der Waals surface area (Å²) in [5.74, 6) is 1.19. The maximum Gasteiger partial charge on any atom is 0.254 e. The van der Waals surface area contributed by atoms with Gasteiger partial charge in [-0.3, -0.25) is 9.59 Å². The minimum Gasteiger partial charge on any atom is -0.497 e. The molecule has 0 saturated carbocycles. The second kappa shape index (κ2) is 6.43. The van der Waals surface area contributed by atoms with Gasteiger partial charge in [0.05, 0.1) is 25.6 Å². The highest BCUT2D eigenvalue weighted by Gasteiger charge is 2.47. The number of methoxy groups -OCH3 is 1. The zero-order valence-electron chi connectivity index (χ0n) is 14.3. The summed E-state index contributed by atoms with van der Waals surface area (Å²) < 4.78 is 12.3. The van der Waals surface area contributed by atoms with Gasteiger partial charge in [-0.25, -0.2) is 0 Å². The number of nitrogens with zero attached hydrogens (tertiary/aromatic N) is 1. The molecule has 2 heterocycles.